The van der Waals surface area contributed by atoms with Crippen LogP contribution in [0.5, 0.6) is 0 Å². The van der Waals surface area contributed by atoms with Gasteiger partial charge in [-0.25, -0.2) is 4.39 Å². The van der Waals surface area contributed by atoms with Gasteiger partial charge >= 0.3 is 0 Å². The first-order chi connectivity index (χ1) is 9.63. The molecule has 1 atom stereocenters. The van der Waals surface area contributed by atoms with E-state index in [0.717, 1.165) is 21.2 Å². The van der Waals surface area contributed by atoms with Crippen molar-refractivity contribution >= 4 is 15.9 Å². The van der Waals surface area contributed by atoms with Crippen LogP contribution in [0.4, 0.5) is 4.39 Å². The molecule has 0 radical (unpaired) electrons. The first kappa shape index (κ1) is 13.7. The van der Waals surface area contributed by atoms with Crippen LogP contribution in [0.15, 0.2) is 40.9 Å². The highest BCUT2D eigenvalue weighted by Gasteiger charge is 2.16. The molecule has 0 spiro atoms. The smallest absolute Gasteiger partial charge is 0.126 e. The highest BCUT2D eigenvalue weighted by molar-refractivity contribution is 9.10. The maximum atomic E-state index is 13.7. The second-order valence-corrected chi connectivity index (χ2v) is 5.89. The maximum absolute atomic E-state index is 13.7. The van der Waals surface area contributed by atoms with Gasteiger partial charge in [0.1, 0.15) is 5.82 Å². The van der Waals surface area contributed by atoms with Crippen LogP contribution in [0.2, 0.25) is 0 Å². The van der Waals surface area contributed by atoms with E-state index in [4.69, 9.17) is 4.74 Å². The number of hydrogen-bond donors (Lipinski definition) is 1. The van der Waals surface area contributed by atoms with E-state index in [1.165, 1.54) is 6.07 Å². The Bertz CT molecular complexity index is 642. The fourth-order valence-corrected chi connectivity index (χ4v) is 2.83. The van der Waals surface area contributed by atoms with Crippen LogP contribution in [0, 0.1) is 5.82 Å². The number of rotatable bonds is 3. The van der Waals surface area contributed by atoms with Gasteiger partial charge in [-0.15, -0.1) is 0 Å². The minimum atomic E-state index is -0.718. The third-order valence-corrected chi connectivity index (χ3v) is 4.04. The molecule has 1 heterocycles. The normalized spacial score (nSPS) is 15.2. The summed E-state index contributed by atoms with van der Waals surface area (Å²) in [5.74, 6) is -0.295. The number of fused-ring (bicyclic) bond motifs is 1. The van der Waals surface area contributed by atoms with E-state index < -0.39 is 6.10 Å². The summed E-state index contributed by atoms with van der Waals surface area (Å²) >= 11 is 3.32. The third-order valence-electron chi connectivity index (χ3n) is 3.55. The molecule has 1 aliphatic rings. The molecule has 3 rings (SSSR count). The summed E-state index contributed by atoms with van der Waals surface area (Å²) in [5, 5.41) is 10.3. The van der Waals surface area contributed by atoms with Crippen molar-refractivity contribution in [1.82, 2.24) is 0 Å². The molecule has 1 aliphatic heterocycles. The Balaban J connectivity index is 1.82. The van der Waals surface area contributed by atoms with Gasteiger partial charge in [0, 0.05) is 10.9 Å². The SMILES string of the molecule is OC(Cc1cc(Br)ccc1F)c1ccc2c(c1)COC2. The second-order valence-electron chi connectivity index (χ2n) is 4.98. The van der Waals surface area contributed by atoms with Crippen molar-refractivity contribution in [2.75, 3.05) is 0 Å². The molecule has 1 unspecified atom stereocenters. The third kappa shape index (κ3) is 2.77. The molecule has 2 aromatic rings. The van der Waals surface area contributed by atoms with Crippen molar-refractivity contribution in [2.24, 2.45) is 0 Å². The Kier molecular flexibility index (Phi) is 3.87. The minimum absolute atomic E-state index is 0.255. The monoisotopic (exact) mass is 336 g/mol. The van der Waals surface area contributed by atoms with Crippen LogP contribution in [0.1, 0.15) is 28.4 Å². The molecule has 0 bridgehead atoms. The van der Waals surface area contributed by atoms with E-state index in [1.54, 1.807) is 12.1 Å². The quantitative estimate of drug-likeness (QED) is 0.921. The summed E-state index contributed by atoms with van der Waals surface area (Å²) < 4.78 is 19.9. The zero-order valence-corrected chi connectivity index (χ0v) is 12.4. The molecule has 20 heavy (non-hydrogen) atoms. The largest absolute Gasteiger partial charge is 0.388 e. The first-order valence-corrected chi connectivity index (χ1v) is 7.24. The standard InChI is InChI=1S/C16H14BrFO2/c17-14-3-4-15(18)12(6-14)7-16(19)10-1-2-11-8-20-9-13(11)5-10/h1-6,16,19H,7-9H2. The highest BCUT2D eigenvalue weighted by Crippen LogP contribution is 2.27. The lowest BCUT2D eigenvalue weighted by Crippen LogP contribution is -2.04. The zero-order chi connectivity index (χ0) is 14.1. The van der Waals surface area contributed by atoms with Crippen LogP contribution in [0.25, 0.3) is 0 Å². The van der Waals surface area contributed by atoms with E-state index in [1.807, 2.05) is 18.2 Å². The number of hydrogen-bond acceptors (Lipinski definition) is 2. The highest BCUT2D eigenvalue weighted by atomic mass is 79.9. The molecule has 2 nitrogen and oxygen atoms in total. The Morgan fingerprint density at radius 1 is 1.15 bits per heavy atom. The summed E-state index contributed by atoms with van der Waals surface area (Å²) in [6, 6.07) is 10.6. The predicted molar refractivity (Wildman–Crippen MR) is 77.7 cm³/mol. The molecule has 2 aromatic carbocycles. The van der Waals surface area contributed by atoms with Crippen molar-refractivity contribution in [2.45, 2.75) is 25.7 Å². The second kappa shape index (κ2) is 5.64. The van der Waals surface area contributed by atoms with Crippen LogP contribution >= 0.6 is 15.9 Å². The molecule has 104 valence electrons. The Morgan fingerprint density at radius 2 is 1.95 bits per heavy atom. The van der Waals surface area contributed by atoms with E-state index in [9.17, 15) is 9.50 Å². The van der Waals surface area contributed by atoms with Gasteiger partial charge in [0.15, 0.2) is 0 Å². The summed E-state index contributed by atoms with van der Waals surface area (Å²) in [4.78, 5) is 0. The van der Waals surface area contributed by atoms with E-state index >= 15 is 0 Å². The van der Waals surface area contributed by atoms with Gasteiger partial charge in [0.25, 0.3) is 0 Å². The van der Waals surface area contributed by atoms with Crippen molar-refractivity contribution in [1.29, 1.82) is 0 Å². The Hall–Kier alpha value is -1.23. The number of ether oxygens (including phenoxy) is 1. The van der Waals surface area contributed by atoms with Gasteiger partial charge in [-0.1, -0.05) is 34.1 Å². The predicted octanol–water partition coefficient (Wildman–Crippen LogP) is 3.89. The van der Waals surface area contributed by atoms with Crippen molar-refractivity contribution in [3.63, 3.8) is 0 Å². The van der Waals surface area contributed by atoms with Gasteiger partial charge in [-0.2, -0.15) is 0 Å². The van der Waals surface area contributed by atoms with E-state index in [0.29, 0.717) is 18.8 Å². The average molecular weight is 337 g/mol. The lowest BCUT2D eigenvalue weighted by Gasteiger charge is -2.13. The fourth-order valence-electron chi connectivity index (χ4n) is 2.43. The molecule has 0 saturated heterocycles. The van der Waals surface area contributed by atoms with Crippen LogP contribution in [-0.4, -0.2) is 5.11 Å². The number of aliphatic hydroxyl groups excluding tert-OH is 1. The average Bonchev–Trinajstić information content (AvgIpc) is 2.90. The molecule has 4 heteroatoms. The summed E-state index contributed by atoms with van der Waals surface area (Å²) in [5.41, 5.74) is 3.57. The van der Waals surface area contributed by atoms with Gasteiger partial charge in [-0.05, 0) is 40.5 Å². The molecule has 0 aromatic heterocycles. The lowest BCUT2D eigenvalue weighted by molar-refractivity contribution is 0.134. The molecule has 0 amide bonds. The molecule has 0 saturated carbocycles. The van der Waals surface area contributed by atoms with Crippen LogP contribution in [0.3, 0.4) is 0 Å². The van der Waals surface area contributed by atoms with Gasteiger partial charge in [-0.3, -0.25) is 0 Å². The molecular formula is C16H14BrFO2. The fraction of sp³-hybridized carbons (Fsp3) is 0.250. The molecular weight excluding hydrogens is 323 g/mol. The van der Waals surface area contributed by atoms with Crippen molar-refractivity contribution < 1.29 is 14.2 Å². The summed E-state index contributed by atoms with van der Waals surface area (Å²) in [6.45, 7) is 1.22. The van der Waals surface area contributed by atoms with Crippen molar-refractivity contribution in [3.05, 3.63) is 68.9 Å². The van der Waals surface area contributed by atoms with Gasteiger partial charge < -0.3 is 9.84 Å². The first-order valence-electron chi connectivity index (χ1n) is 6.45. The lowest BCUT2D eigenvalue weighted by atomic mass is 9.98. The van der Waals surface area contributed by atoms with Crippen molar-refractivity contribution in [3.8, 4) is 0 Å². The van der Waals surface area contributed by atoms with Gasteiger partial charge in [0.05, 0.1) is 19.3 Å². The minimum Gasteiger partial charge on any atom is -0.388 e. The molecule has 0 aliphatic carbocycles. The molecule has 0 fully saturated rings. The molecule has 1 N–H and O–H groups in total. The van der Waals surface area contributed by atoms with Gasteiger partial charge in [0.2, 0.25) is 0 Å². The zero-order valence-electron chi connectivity index (χ0n) is 10.8. The topological polar surface area (TPSA) is 29.5 Å². The summed E-state index contributed by atoms with van der Waals surface area (Å²) in [6.07, 6.45) is -0.463. The van der Waals surface area contributed by atoms with E-state index in [2.05, 4.69) is 15.9 Å². The number of benzene rings is 2. The Labute approximate surface area is 125 Å². The summed E-state index contributed by atoms with van der Waals surface area (Å²) in [7, 11) is 0. The van der Waals surface area contributed by atoms with E-state index in [-0.39, 0.29) is 12.2 Å². The van der Waals surface area contributed by atoms with Crippen LogP contribution < -0.4 is 0 Å². The Morgan fingerprint density at radius 3 is 2.80 bits per heavy atom. The number of halogens is 2. The maximum Gasteiger partial charge on any atom is 0.126 e. The number of aliphatic hydroxyl groups is 1. The van der Waals surface area contributed by atoms with Crippen LogP contribution in [-0.2, 0) is 24.4 Å².